The van der Waals surface area contributed by atoms with Crippen molar-refractivity contribution in [2.75, 3.05) is 32.5 Å². The van der Waals surface area contributed by atoms with E-state index < -0.39 is 0 Å². The van der Waals surface area contributed by atoms with E-state index in [9.17, 15) is 5.26 Å². The van der Waals surface area contributed by atoms with Gasteiger partial charge in [-0.2, -0.15) is 5.26 Å². The number of nitrogens with one attached hydrogen (secondary N) is 1. The average molecular weight is 344 g/mol. The molecule has 0 aliphatic carbocycles. The maximum absolute atomic E-state index is 9.52. The van der Waals surface area contributed by atoms with Crippen LogP contribution in [0.5, 0.6) is 0 Å². The Hall–Kier alpha value is -3.17. The normalized spacial score (nSPS) is 11.5. The van der Waals surface area contributed by atoms with Crippen LogP contribution in [0.2, 0.25) is 0 Å². The molecule has 1 aromatic carbocycles. The van der Waals surface area contributed by atoms with Gasteiger partial charge in [-0.15, -0.1) is 0 Å². The molecule has 0 aliphatic rings. The summed E-state index contributed by atoms with van der Waals surface area (Å²) in [4.78, 5) is 11.3. The highest BCUT2D eigenvalue weighted by Crippen LogP contribution is 2.27. The van der Waals surface area contributed by atoms with Crippen molar-refractivity contribution in [2.24, 2.45) is 0 Å². The number of aromatic nitrogens is 3. The van der Waals surface area contributed by atoms with Crippen molar-refractivity contribution in [3.05, 3.63) is 48.2 Å². The van der Waals surface area contributed by atoms with E-state index in [1.54, 1.807) is 6.20 Å². The number of nitrogens with zero attached hydrogens (tertiary/aromatic N) is 5. The van der Waals surface area contributed by atoms with E-state index in [-0.39, 0.29) is 0 Å². The Labute approximate surface area is 151 Å². The van der Waals surface area contributed by atoms with Crippen LogP contribution in [0, 0.1) is 11.3 Å². The Morgan fingerprint density at radius 1 is 1.19 bits per heavy atom. The molecule has 3 aromatic heterocycles. The van der Waals surface area contributed by atoms with Crippen LogP contribution in [0.25, 0.3) is 27.7 Å². The van der Waals surface area contributed by atoms with Crippen LogP contribution in [-0.4, -0.2) is 46.5 Å². The van der Waals surface area contributed by atoms with Crippen molar-refractivity contribution in [2.45, 2.75) is 6.42 Å². The van der Waals surface area contributed by atoms with E-state index in [0.717, 1.165) is 47.3 Å². The van der Waals surface area contributed by atoms with Gasteiger partial charge >= 0.3 is 0 Å². The fourth-order valence-electron chi connectivity index (χ4n) is 3.22. The van der Waals surface area contributed by atoms with Gasteiger partial charge in [-0.1, -0.05) is 6.07 Å². The molecule has 0 aliphatic heterocycles. The molecule has 0 unspecified atom stereocenters. The van der Waals surface area contributed by atoms with Crippen LogP contribution in [0.1, 0.15) is 12.0 Å². The number of rotatable bonds is 5. The lowest BCUT2D eigenvalue weighted by Crippen LogP contribution is -2.16. The maximum Gasteiger partial charge on any atom is 0.164 e. The SMILES string of the molecule is CN(C)CCCNc1ccc2cc(C#N)c3nc4cccnc4n3c2c1. The molecule has 0 saturated heterocycles. The first-order chi connectivity index (χ1) is 12.7. The summed E-state index contributed by atoms with van der Waals surface area (Å²) in [6.45, 7) is 1.96. The van der Waals surface area contributed by atoms with Crippen LogP contribution < -0.4 is 5.32 Å². The highest BCUT2D eigenvalue weighted by atomic mass is 15.1. The second kappa shape index (κ2) is 6.62. The van der Waals surface area contributed by atoms with E-state index in [1.807, 2.05) is 28.7 Å². The summed E-state index contributed by atoms with van der Waals surface area (Å²) in [5, 5.41) is 14.0. The van der Waals surface area contributed by atoms with Crippen LogP contribution in [-0.2, 0) is 0 Å². The third-order valence-corrected chi connectivity index (χ3v) is 4.46. The van der Waals surface area contributed by atoms with E-state index in [4.69, 9.17) is 0 Å². The minimum absolute atomic E-state index is 0.558. The minimum atomic E-state index is 0.558. The second-order valence-corrected chi connectivity index (χ2v) is 6.64. The molecule has 1 N–H and O–H groups in total. The molecule has 0 bridgehead atoms. The van der Waals surface area contributed by atoms with Gasteiger partial charge in [0.2, 0.25) is 0 Å². The van der Waals surface area contributed by atoms with E-state index in [0.29, 0.717) is 11.2 Å². The second-order valence-electron chi connectivity index (χ2n) is 6.64. The summed E-state index contributed by atoms with van der Waals surface area (Å²) < 4.78 is 1.98. The van der Waals surface area contributed by atoms with E-state index >= 15 is 0 Å². The first-order valence-corrected chi connectivity index (χ1v) is 8.66. The zero-order chi connectivity index (χ0) is 18.1. The van der Waals surface area contributed by atoms with Crippen molar-refractivity contribution in [1.82, 2.24) is 19.3 Å². The number of pyridine rings is 2. The Morgan fingerprint density at radius 3 is 2.88 bits per heavy atom. The Kier molecular flexibility index (Phi) is 4.15. The molecular formula is C20H20N6. The minimum Gasteiger partial charge on any atom is -0.385 e. The molecule has 0 radical (unpaired) electrons. The fraction of sp³-hybridized carbons (Fsp3) is 0.250. The number of benzene rings is 1. The van der Waals surface area contributed by atoms with Gasteiger partial charge in [0.1, 0.15) is 11.6 Å². The van der Waals surface area contributed by atoms with Crippen molar-refractivity contribution in [3.8, 4) is 6.07 Å². The molecule has 0 amide bonds. The van der Waals surface area contributed by atoms with Crippen LogP contribution in [0.4, 0.5) is 5.69 Å². The predicted molar refractivity (Wildman–Crippen MR) is 104 cm³/mol. The molecule has 0 fully saturated rings. The van der Waals surface area contributed by atoms with Gasteiger partial charge in [-0.25, -0.2) is 9.97 Å². The lowest BCUT2D eigenvalue weighted by molar-refractivity contribution is 0.405. The van der Waals surface area contributed by atoms with Crippen molar-refractivity contribution in [3.63, 3.8) is 0 Å². The summed E-state index contributed by atoms with van der Waals surface area (Å²) in [5.41, 5.74) is 4.83. The largest absolute Gasteiger partial charge is 0.385 e. The summed E-state index contributed by atoms with van der Waals surface area (Å²) >= 11 is 0. The fourth-order valence-corrected chi connectivity index (χ4v) is 3.22. The smallest absolute Gasteiger partial charge is 0.164 e. The van der Waals surface area contributed by atoms with Gasteiger partial charge < -0.3 is 10.2 Å². The third-order valence-electron chi connectivity index (χ3n) is 4.46. The summed E-state index contributed by atoms with van der Waals surface area (Å²) in [7, 11) is 4.16. The Balaban J connectivity index is 1.83. The molecule has 4 rings (SSSR count). The molecule has 26 heavy (non-hydrogen) atoms. The average Bonchev–Trinajstić information content (AvgIpc) is 3.04. The lowest BCUT2D eigenvalue weighted by atomic mass is 10.1. The first kappa shape index (κ1) is 16.3. The van der Waals surface area contributed by atoms with E-state index in [1.165, 1.54) is 0 Å². The molecule has 6 nitrogen and oxygen atoms in total. The summed E-state index contributed by atoms with van der Waals surface area (Å²) in [5.74, 6) is 0. The van der Waals surface area contributed by atoms with Crippen molar-refractivity contribution in [1.29, 1.82) is 5.26 Å². The molecule has 0 atom stereocenters. The number of imidazole rings is 1. The van der Waals surface area contributed by atoms with Crippen LogP contribution >= 0.6 is 0 Å². The molecule has 0 spiro atoms. The molecule has 4 aromatic rings. The molecular weight excluding hydrogens is 324 g/mol. The van der Waals surface area contributed by atoms with Gasteiger partial charge in [-0.05, 0) is 57.4 Å². The van der Waals surface area contributed by atoms with Gasteiger partial charge in [0.05, 0.1) is 11.1 Å². The van der Waals surface area contributed by atoms with Crippen molar-refractivity contribution >= 4 is 33.4 Å². The van der Waals surface area contributed by atoms with Gasteiger partial charge in [0.25, 0.3) is 0 Å². The highest BCUT2D eigenvalue weighted by molar-refractivity contribution is 5.93. The molecule has 130 valence electrons. The number of fused-ring (bicyclic) bond motifs is 5. The number of hydrogen-bond acceptors (Lipinski definition) is 5. The number of hydrogen-bond donors (Lipinski definition) is 1. The van der Waals surface area contributed by atoms with Gasteiger partial charge in [0.15, 0.2) is 11.3 Å². The van der Waals surface area contributed by atoms with Crippen molar-refractivity contribution < 1.29 is 0 Å². The summed E-state index contributed by atoms with van der Waals surface area (Å²) in [6.07, 6.45) is 2.83. The maximum atomic E-state index is 9.52. The van der Waals surface area contributed by atoms with Crippen LogP contribution in [0.3, 0.4) is 0 Å². The highest BCUT2D eigenvalue weighted by Gasteiger charge is 2.13. The number of nitriles is 1. The quantitative estimate of drug-likeness (QED) is 0.563. The predicted octanol–water partition coefficient (Wildman–Crippen LogP) is 3.27. The van der Waals surface area contributed by atoms with E-state index in [2.05, 4.69) is 52.5 Å². The number of anilines is 1. The Bertz CT molecular complexity index is 1140. The Morgan fingerprint density at radius 2 is 2.08 bits per heavy atom. The zero-order valence-electron chi connectivity index (χ0n) is 14.9. The van der Waals surface area contributed by atoms with Gasteiger partial charge in [0, 0.05) is 23.8 Å². The topological polar surface area (TPSA) is 69.2 Å². The third kappa shape index (κ3) is 2.83. The monoisotopic (exact) mass is 344 g/mol. The standard InChI is InChI=1S/C20H20N6/c1-25(2)10-4-9-22-16-7-6-14-11-15(13-21)19-24-17-5-3-8-23-20(17)26(19)18(14)12-16/h3,5-8,11-12,22H,4,9-10H2,1-2H3. The zero-order valence-corrected chi connectivity index (χ0v) is 14.9. The molecule has 6 heteroatoms. The summed E-state index contributed by atoms with van der Waals surface area (Å²) in [6, 6.07) is 14.1. The molecule has 3 heterocycles. The van der Waals surface area contributed by atoms with Gasteiger partial charge in [-0.3, -0.25) is 4.40 Å². The molecule has 0 saturated carbocycles. The van der Waals surface area contributed by atoms with Crippen LogP contribution in [0.15, 0.2) is 42.6 Å². The first-order valence-electron chi connectivity index (χ1n) is 8.66. The lowest BCUT2D eigenvalue weighted by Gasteiger charge is -2.12.